The zero-order chi connectivity index (χ0) is 18.5. The summed E-state index contributed by atoms with van der Waals surface area (Å²) in [5.41, 5.74) is 1.53. The molecule has 1 amide bonds. The van der Waals surface area contributed by atoms with E-state index in [0.717, 1.165) is 30.8 Å². The fourth-order valence-corrected chi connectivity index (χ4v) is 3.12. The molecule has 1 atom stereocenters. The number of anilines is 1. The van der Waals surface area contributed by atoms with Gasteiger partial charge in [0.1, 0.15) is 5.82 Å². The normalized spacial score (nSPS) is 17.4. The van der Waals surface area contributed by atoms with Crippen LogP contribution in [-0.2, 0) is 4.79 Å². The van der Waals surface area contributed by atoms with Gasteiger partial charge < -0.3 is 10.2 Å². The molecule has 1 unspecified atom stereocenters. The van der Waals surface area contributed by atoms with E-state index in [0.29, 0.717) is 24.7 Å². The van der Waals surface area contributed by atoms with Gasteiger partial charge in [-0.15, -0.1) is 10.2 Å². The summed E-state index contributed by atoms with van der Waals surface area (Å²) in [5.74, 6) is 1.06. The predicted octanol–water partition coefficient (Wildman–Crippen LogP) is 3.27. The van der Waals surface area contributed by atoms with Crippen LogP contribution in [0.1, 0.15) is 26.7 Å². The molecule has 0 aliphatic carbocycles. The molecule has 0 radical (unpaired) electrons. The van der Waals surface area contributed by atoms with E-state index in [4.69, 9.17) is 0 Å². The average molecular weight is 356 g/mol. The summed E-state index contributed by atoms with van der Waals surface area (Å²) in [6.07, 6.45) is 1.86. The van der Waals surface area contributed by atoms with Gasteiger partial charge in [-0.3, -0.25) is 4.79 Å². The molecule has 1 saturated heterocycles. The molecule has 0 bridgehead atoms. The third kappa shape index (κ3) is 4.56. The van der Waals surface area contributed by atoms with Crippen molar-refractivity contribution in [3.8, 4) is 11.3 Å². The van der Waals surface area contributed by atoms with E-state index in [1.165, 1.54) is 12.1 Å². The zero-order valence-electron chi connectivity index (χ0n) is 15.3. The molecule has 26 heavy (non-hydrogen) atoms. The number of amides is 1. The molecule has 1 aromatic carbocycles. The largest absolute Gasteiger partial charge is 0.356 e. The summed E-state index contributed by atoms with van der Waals surface area (Å²) in [6.45, 7) is 6.42. The standard InChI is InChI=1S/C20H25FN4O/c1-14(2)12-22-20(26)16-4-3-11-25(13-16)19-10-9-18(23-24-19)15-5-7-17(21)8-6-15/h5-10,14,16H,3-4,11-13H2,1-2H3,(H,22,26). The highest BCUT2D eigenvalue weighted by Gasteiger charge is 2.26. The van der Waals surface area contributed by atoms with E-state index in [1.807, 2.05) is 12.1 Å². The van der Waals surface area contributed by atoms with Gasteiger partial charge in [0.2, 0.25) is 5.91 Å². The van der Waals surface area contributed by atoms with Gasteiger partial charge in [-0.25, -0.2) is 4.39 Å². The van der Waals surface area contributed by atoms with Crippen molar-refractivity contribution in [1.29, 1.82) is 0 Å². The Labute approximate surface area is 153 Å². The minimum absolute atomic E-state index is 0.0129. The SMILES string of the molecule is CC(C)CNC(=O)C1CCCN(c2ccc(-c3ccc(F)cc3)nn2)C1. The molecule has 0 saturated carbocycles. The molecule has 1 aliphatic rings. The maximum Gasteiger partial charge on any atom is 0.224 e. The van der Waals surface area contributed by atoms with Crippen LogP contribution >= 0.6 is 0 Å². The number of halogens is 1. The van der Waals surface area contributed by atoms with Crippen LogP contribution in [0.4, 0.5) is 10.2 Å². The van der Waals surface area contributed by atoms with Crippen molar-refractivity contribution in [3.05, 3.63) is 42.2 Å². The number of hydrogen-bond acceptors (Lipinski definition) is 4. The summed E-state index contributed by atoms with van der Waals surface area (Å²) >= 11 is 0. The molecule has 2 aromatic rings. The molecule has 138 valence electrons. The highest BCUT2D eigenvalue weighted by molar-refractivity contribution is 5.79. The van der Waals surface area contributed by atoms with Gasteiger partial charge >= 0.3 is 0 Å². The molecule has 1 fully saturated rings. The van der Waals surface area contributed by atoms with Gasteiger partial charge in [0, 0.05) is 25.2 Å². The number of nitrogens with zero attached hydrogens (tertiary/aromatic N) is 3. The fourth-order valence-electron chi connectivity index (χ4n) is 3.12. The number of nitrogens with one attached hydrogen (secondary N) is 1. The molecule has 2 heterocycles. The van der Waals surface area contributed by atoms with E-state index >= 15 is 0 Å². The second kappa shape index (κ2) is 8.25. The molecule has 1 aromatic heterocycles. The first-order chi connectivity index (χ1) is 12.5. The van der Waals surface area contributed by atoms with E-state index in [-0.39, 0.29) is 17.6 Å². The van der Waals surface area contributed by atoms with Crippen molar-refractivity contribution in [2.45, 2.75) is 26.7 Å². The molecular weight excluding hydrogens is 331 g/mol. The van der Waals surface area contributed by atoms with E-state index in [2.05, 4.69) is 34.3 Å². The van der Waals surface area contributed by atoms with Crippen molar-refractivity contribution in [2.75, 3.05) is 24.5 Å². The minimum atomic E-state index is -0.270. The Morgan fingerprint density at radius 2 is 2.00 bits per heavy atom. The topological polar surface area (TPSA) is 58.1 Å². The van der Waals surface area contributed by atoms with Crippen LogP contribution in [0.25, 0.3) is 11.3 Å². The molecule has 3 rings (SSSR count). The minimum Gasteiger partial charge on any atom is -0.356 e. The van der Waals surface area contributed by atoms with Gasteiger partial charge in [-0.2, -0.15) is 0 Å². The van der Waals surface area contributed by atoms with Crippen LogP contribution in [-0.4, -0.2) is 35.7 Å². The lowest BCUT2D eigenvalue weighted by atomic mass is 9.97. The Balaban J connectivity index is 1.65. The van der Waals surface area contributed by atoms with Crippen LogP contribution < -0.4 is 10.2 Å². The average Bonchev–Trinajstić information content (AvgIpc) is 2.67. The first-order valence-electron chi connectivity index (χ1n) is 9.15. The summed E-state index contributed by atoms with van der Waals surface area (Å²) in [4.78, 5) is 14.5. The van der Waals surface area contributed by atoms with Crippen molar-refractivity contribution < 1.29 is 9.18 Å². The second-order valence-electron chi connectivity index (χ2n) is 7.21. The number of piperidine rings is 1. The summed E-state index contributed by atoms with van der Waals surface area (Å²) in [6, 6.07) is 10.0. The first kappa shape index (κ1) is 18.3. The van der Waals surface area contributed by atoms with Gasteiger partial charge in [0.05, 0.1) is 11.6 Å². The monoisotopic (exact) mass is 356 g/mol. The Kier molecular flexibility index (Phi) is 5.81. The van der Waals surface area contributed by atoms with Gasteiger partial charge in [-0.05, 0) is 55.2 Å². The lowest BCUT2D eigenvalue weighted by molar-refractivity contribution is -0.125. The molecule has 1 N–H and O–H groups in total. The van der Waals surface area contributed by atoms with Gasteiger partial charge in [-0.1, -0.05) is 13.8 Å². The summed E-state index contributed by atoms with van der Waals surface area (Å²) in [7, 11) is 0. The maximum atomic E-state index is 13.0. The van der Waals surface area contributed by atoms with E-state index < -0.39 is 0 Å². The van der Waals surface area contributed by atoms with Crippen LogP contribution in [0, 0.1) is 17.7 Å². The lowest BCUT2D eigenvalue weighted by Crippen LogP contribution is -2.44. The fraction of sp³-hybridized carbons (Fsp3) is 0.450. The maximum absolute atomic E-state index is 13.0. The number of hydrogen-bond donors (Lipinski definition) is 1. The number of carbonyl (C=O) groups is 1. The van der Waals surface area contributed by atoms with Crippen molar-refractivity contribution in [2.24, 2.45) is 11.8 Å². The Bertz CT molecular complexity index is 730. The number of carbonyl (C=O) groups excluding carboxylic acids is 1. The van der Waals surface area contributed by atoms with Crippen LogP contribution in [0.2, 0.25) is 0 Å². The van der Waals surface area contributed by atoms with E-state index in [1.54, 1.807) is 12.1 Å². The molecule has 6 heteroatoms. The highest BCUT2D eigenvalue weighted by Crippen LogP contribution is 2.23. The van der Waals surface area contributed by atoms with Crippen LogP contribution in [0.15, 0.2) is 36.4 Å². The highest BCUT2D eigenvalue weighted by atomic mass is 19.1. The lowest BCUT2D eigenvalue weighted by Gasteiger charge is -2.32. The van der Waals surface area contributed by atoms with Gasteiger partial charge in [0.15, 0.2) is 5.82 Å². The number of benzene rings is 1. The number of aromatic nitrogens is 2. The summed E-state index contributed by atoms with van der Waals surface area (Å²) < 4.78 is 13.0. The zero-order valence-corrected chi connectivity index (χ0v) is 15.3. The van der Waals surface area contributed by atoms with Crippen LogP contribution in [0.5, 0.6) is 0 Å². The third-order valence-corrected chi connectivity index (χ3v) is 4.59. The molecule has 5 nitrogen and oxygen atoms in total. The van der Waals surface area contributed by atoms with Crippen molar-refractivity contribution in [3.63, 3.8) is 0 Å². The quantitative estimate of drug-likeness (QED) is 0.893. The summed E-state index contributed by atoms with van der Waals surface area (Å²) in [5, 5.41) is 11.6. The molecular formula is C20H25FN4O. The third-order valence-electron chi connectivity index (χ3n) is 4.59. The van der Waals surface area contributed by atoms with Crippen molar-refractivity contribution >= 4 is 11.7 Å². The van der Waals surface area contributed by atoms with Crippen molar-refractivity contribution in [1.82, 2.24) is 15.5 Å². The molecule has 0 spiro atoms. The predicted molar refractivity (Wildman–Crippen MR) is 100 cm³/mol. The second-order valence-corrected chi connectivity index (χ2v) is 7.21. The molecule has 1 aliphatic heterocycles. The smallest absolute Gasteiger partial charge is 0.224 e. The van der Waals surface area contributed by atoms with E-state index in [9.17, 15) is 9.18 Å². The first-order valence-corrected chi connectivity index (χ1v) is 9.15. The Morgan fingerprint density at radius 3 is 2.65 bits per heavy atom. The van der Waals surface area contributed by atoms with Gasteiger partial charge in [0.25, 0.3) is 0 Å². The number of rotatable bonds is 5. The Hall–Kier alpha value is -2.50. The Morgan fingerprint density at radius 1 is 1.23 bits per heavy atom. The van der Waals surface area contributed by atoms with Crippen LogP contribution in [0.3, 0.4) is 0 Å².